The van der Waals surface area contributed by atoms with Crippen LogP contribution in [-0.4, -0.2) is 17.0 Å². The lowest BCUT2D eigenvalue weighted by atomic mass is 9.96. The maximum absolute atomic E-state index is 13.2. The van der Waals surface area contributed by atoms with Crippen LogP contribution in [-0.2, 0) is 12.0 Å². The van der Waals surface area contributed by atoms with Crippen LogP contribution in [0.25, 0.3) is 0 Å². The number of benzene rings is 1. The Morgan fingerprint density at radius 2 is 1.90 bits per heavy atom. The van der Waals surface area contributed by atoms with Gasteiger partial charge >= 0.3 is 0 Å². The second-order valence-corrected chi connectivity index (χ2v) is 6.21. The quantitative estimate of drug-likeness (QED) is 0.942. The van der Waals surface area contributed by atoms with E-state index in [9.17, 15) is 4.39 Å². The highest BCUT2D eigenvalue weighted by Gasteiger charge is 2.19. The van der Waals surface area contributed by atoms with Crippen molar-refractivity contribution < 1.29 is 4.39 Å². The molecule has 0 bridgehead atoms. The Morgan fingerprint density at radius 1 is 1.19 bits per heavy atom. The lowest BCUT2D eigenvalue weighted by Gasteiger charge is -2.22. The summed E-state index contributed by atoms with van der Waals surface area (Å²) in [5.41, 5.74) is 6.58. The number of hydrogen-bond acceptors (Lipinski definition) is 4. The number of hydrogen-bond donors (Lipinski definition) is 1. The summed E-state index contributed by atoms with van der Waals surface area (Å²) >= 11 is 0. The van der Waals surface area contributed by atoms with E-state index in [-0.39, 0.29) is 11.2 Å². The summed E-state index contributed by atoms with van der Waals surface area (Å²) in [5.74, 6) is 1.63. The van der Waals surface area contributed by atoms with Crippen molar-refractivity contribution in [2.45, 2.75) is 32.7 Å². The van der Waals surface area contributed by atoms with E-state index in [0.29, 0.717) is 18.2 Å². The average Bonchev–Trinajstić information content (AvgIpc) is 2.37. The first-order valence-electron chi connectivity index (χ1n) is 6.86. The fourth-order valence-electron chi connectivity index (χ4n) is 1.97. The second-order valence-electron chi connectivity index (χ2n) is 6.21. The zero-order valence-corrected chi connectivity index (χ0v) is 12.9. The van der Waals surface area contributed by atoms with Crippen molar-refractivity contribution in [2.24, 2.45) is 0 Å². The van der Waals surface area contributed by atoms with Gasteiger partial charge in [0, 0.05) is 25.1 Å². The molecule has 0 amide bonds. The van der Waals surface area contributed by atoms with E-state index in [1.807, 2.05) is 38.8 Å². The largest absolute Gasteiger partial charge is 0.384 e. The molecule has 1 heterocycles. The number of halogens is 1. The van der Waals surface area contributed by atoms with Crippen LogP contribution in [0.4, 0.5) is 16.0 Å². The highest BCUT2D eigenvalue weighted by Crippen LogP contribution is 2.23. The van der Waals surface area contributed by atoms with Crippen molar-refractivity contribution in [1.29, 1.82) is 0 Å². The fourth-order valence-corrected chi connectivity index (χ4v) is 1.97. The minimum absolute atomic E-state index is 0.177. The average molecular weight is 288 g/mol. The number of anilines is 2. The first kappa shape index (κ1) is 15.2. The van der Waals surface area contributed by atoms with Crippen LogP contribution in [0.15, 0.2) is 30.3 Å². The Balaban J connectivity index is 2.27. The molecule has 4 nitrogen and oxygen atoms in total. The molecule has 0 unspecified atom stereocenters. The highest BCUT2D eigenvalue weighted by atomic mass is 19.1. The van der Waals surface area contributed by atoms with Crippen LogP contribution >= 0.6 is 0 Å². The third kappa shape index (κ3) is 3.90. The standard InChI is InChI=1S/C16H21FN4/c1-16(2,3)15-19-13(18)9-14(20-15)21(4)10-11-6-5-7-12(17)8-11/h5-9H,10H2,1-4H3,(H2,18,19,20). The monoisotopic (exact) mass is 288 g/mol. The smallest absolute Gasteiger partial charge is 0.138 e. The highest BCUT2D eigenvalue weighted by molar-refractivity contribution is 5.47. The fraction of sp³-hybridized carbons (Fsp3) is 0.375. The van der Waals surface area contributed by atoms with Gasteiger partial charge in [-0.25, -0.2) is 14.4 Å². The molecule has 0 aliphatic heterocycles. The molecule has 0 atom stereocenters. The molecule has 0 radical (unpaired) electrons. The lowest BCUT2D eigenvalue weighted by Crippen LogP contribution is -2.22. The minimum Gasteiger partial charge on any atom is -0.384 e. The van der Waals surface area contributed by atoms with Gasteiger partial charge in [0.15, 0.2) is 0 Å². The van der Waals surface area contributed by atoms with Crippen LogP contribution in [0.3, 0.4) is 0 Å². The number of aromatic nitrogens is 2. The minimum atomic E-state index is -0.238. The molecule has 0 spiro atoms. The summed E-state index contributed by atoms with van der Waals surface area (Å²) in [6.45, 7) is 6.67. The molecular formula is C16H21FN4. The first-order valence-corrected chi connectivity index (χ1v) is 6.86. The van der Waals surface area contributed by atoms with Crippen LogP contribution in [0.1, 0.15) is 32.2 Å². The van der Waals surface area contributed by atoms with Crippen molar-refractivity contribution >= 4 is 11.6 Å². The molecule has 1 aromatic heterocycles. The van der Waals surface area contributed by atoms with E-state index in [0.717, 1.165) is 11.4 Å². The summed E-state index contributed by atoms with van der Waals surface area (Å²) in [6, 6.07) is 8.27. The van der Waals surface area contributed by atoms with E-state index in [4.69, 9.17) is 5.73 Å². The lowest BCUT2D eigenvalue weighted by molar-refractivity contribution is 0.545. The molecule has 2 N–H and O–H groups in total. The van der Waals surface area contributed by atoms with Gasteiger partial charge in [0.2, 0.25) is 0 Å². The zero-order chi connectivity index (χ0) is 15.6. The summed E-state index contributed by atoms with van der Waals surface area (Å²) in [5, 5.41) is 0. The van der Waals surface area contributed by atoms with E-state index < -0.39 is 0 Å². The predicted octanol–water partition coefficient (Wildman–Crippen LogP) is 3.13. The van der Waals surface area contributed by atoms with E-state index in [2.05, 4.69) is 9.97 Å². The molecule has 2 aromatic rings. The van der Waals surface area contributed by atoms with Gasteiger partial charge in [0.1, 0.15) is 23.3 Å². The molecule has 0 aliphatic carbocycles. The molecule has 0 saturated heterocycles. The van der Waals surface area contributed by atoms with Crippen molar-refractivity contribution in [3.05, 3.63) is 47.5 Å². The van der Waals surface area contributed by atoms with Gasteiger partial charge in [-0.2, -0.15) is 0 Å². The molecular weight excluding hydrogens is 267 g/mol. The van der Waals surface area contributed by atoms with Gasteiger partial charge < -0.3 is 10.6 Å². The molecule has 21 heavy (non-hydrogen) atoms. The molecule has 0 saturated carbocycles. The van der Waals surface area contributed by atoms with Gasteiger partial charge in [-0.15, -0.1) is 0 Å². The molecule has 1 aromatic carbocycles. The SMILES string of the molecule is CN(Cc1cccc(F)c1)c1cc(N)nc(C(C)(C)C)n1. The van der Waals surface area contributed by atoms with E-state index >= 15 is 0 Å². The Labute approximate surface area is 124 Å². The molecule has 0 aliphatic rings. The maximum atomic E-state index is 13.2. The van der Waals surface area contributed by atoms with Crippen LogP contribution in [0, 0.1) is 5.82 Å². The van der Waals surface area contributed by atoms with Gasteiger partial charge in [-0.3, -0.25) is 0 Å². The maximum Gasteiger partial charge on any atom is 0.138 e. The van der Waals surface area contributed by atoms with Crippen molar-refractivity contribution in [2.75, 3.05) is 17.7 Å². The van der Waals surface area contributed by atoms with Gasteiger partial charge in [-0.1, -0.05) is 32.9 Å². The Morgan fingerprint density at radius 3 is 2.52 bits per heavy atom. The van der Waals surface area contributed by atoms with Crippen LogP contribution in [0.5, 0.6) is 0 Å². The number of rotatable bonds is 3. The third-order valence-corrected chi connectivity index (χ3v) is 3.10. The van der Waals surface area contributed by atoms with Crippen molar-refractivity contribution in [3.8, 4) is 0 Å². The Bertz CT molecular complexity index is 634. The van der Waals surface area contributed by atoms with Gasteiger partial charge in [0.25, 0.3) is 0 Å². The zero-order valence-electron chi connectivity index (χ0n) is 12.9. The van der Waals surface area contributed by atoms with E-state index in [1.54, 1.807) is 12.1 Å². The normalized spacial score (nSPS) is 11.5. The summed E-state index contributed by atoms with van der Waals surface area (Å²) in [4.78, 5) is 10.8. The van der Waals surface area contributed by atoms with Gasteiger partial charge in [-0.05, 0) is 17.7 Å². The Kier molecular flexibility index (Phi) is 4.11. The molecule has 2 rings (SSSR count). The summed E-state index contributed by atoms with van der Waals surface area (Å²) in [7, 11) is 1.90. The second kappa shape index (κ2) is 5.68. The van der Waals surface area contributed by atoms with Crippen LogP contribution in [0.2, 0.25) is 0 Å². The predicted molar refractivity (Wildman–Crippen MR) is 83.7 cm³/mol. The van der Waals surface area contributed by atoms with E-state index in [1.165, 1.54) is 12.1 Å². The van der Waals surface area contributed by atoms with Gasteiger partial charge in [0.05, 0.1) is 0 Å². The molecule has 5 heteroatoms. The van der Waals surface area contributed by atoms with Crippen molar-refractivity contribution in [1.82, 2.24) is 9.97 Å². The van der Waals surface area contributed by atoms with Crippen molar-refractivity contribution in [3.63, 3.8) is 0 Å². The summed E-state index contributed by atoms with van der Waals surface area (Å²) in [6.07, 6.45) is 0. The third-order valence-electron chi connectivity index (χ3n) is 3.10. The number of nitrogens with zero attached hydrogens (tertiary/aromatic N) is 3. The topological polar surface area (TPSA) is 55.0 Å². The molecule has 0 fully saturated rings. The number of nitrogen functional groups attached to an aromatic ring is 1. The van der Waals surface area contributed by atoms with Crippen LogP contribution < -0.4 is 10.6 Å². The first-order chi connectivity index (χ1) is 9.75. The Hall–Kier alpha value is -2.17. The summed E-state index contributed by atoms with van der Waals surface area (Å²) < 4.78 is 13.2. The number of nitrogens with two attached hydrogens (primary N) is 1. The molecule has 112 valence electrons.